The molecule has 1 aromatic carbocycles. The van der Waals surface area contributed by atoms with Crippen LogP contribution in [0.3, 0.4) is 0 Å². The number of carbonyl (C=O) groups excluding carboxylic acids is 2. The lowest BCUT2D eigenvalue weighted by Gasteiger charge is -2.37. The van der Waals surface area contributed by atoms with Crippen LogP contribution in [0, 0.1) is 40.8 Å². The Balaban J connectivity index is 1.11. The summed E-state index contributed by atoms with van der Waals surface area (Å²) in [5.41, 5.74) is 1.47. The average Bonchev–Trinajstić information content (AvgIpc) is 3.34. The maximum absolute atomic E-state index is 15.3. The van der Waals surface area contributed by atoms with Crippen LogP contribution in [0.2, 0.25) is 0 Å². The molecule has 0 bridgehead atoms. The maximum Gasteiger partial charge on any atom is 0.268 e. The summed E-state index contributed by atoms with van der Waals surface area (Å²) in [6.45, 7) is 11.6. The summed E-state index contributed by atoms with van der Waals surface area (Å²) in [5, 5.41) is 1.90. The number of halogens is 1. The van der Waals surface area contributed by atoms with E-state index in [0.29, 0.717) is 84.1 Å². The third-order valence-electron chi connectivity index (χ3n) is 9.95. The smallest absolute Gasteiger partial charge is 0.268 e. The van der Waals surface area contributed by atoms with E-state index in [0.717, 1.165) is 38.8 Å². The standard InChI is InChI=1S/C32H42FN3O3S/c1-32(2,3)22-8-6-21(7-9-22)30(37)35-18-24-25(19-35)26(24)20-36(31(38)29-5-4-16-40-29)23-10-11-28(27(33)17-23)34-12-14-39-15-13-34/h4-5,10-11,16-17,21-22,24-26H,6-9,12-15,18-20H2,1-3H3. The molecule has 40 heavy (non-hydrogen) atoms. The predicted octanol–water partition coefficient (Wildman–Crippen LogP) is 5.93. The highest BCUT2D eigenvalue weighted by atomic mass is 32.1. The van der Waals surface area contributed by atoms with Gasteiger partial charge in [0.15, 0.2) is 0 Å². The number of piperidine rings is 1. The monoisotopic (exact) mass is 567 g/mol. The number of rotatable bonds is 6. The summed E-state index contributed by atoms with van der Waals surface area (Å²) in [6, 6.07) is 8.90. The van der Waals surface area contributed by atoms with E-state index in [2.05, 4.69) is 25.7 Å². The van der Waals surface area contributed by atoms with Gasteiger partial charge in [0.2, 0.25) is 5.91 Å². The van der Waals surface area contributed by atoms with Gasteiger partial charge in [0.25, 0.3) is 5.91 Å². The SMILES string of the molecule is CC(C)(C)C1CCC(C(=O)N2CC3C(C2)C3CN(C(=O)c2cccs2)c2ccc(N3CCOCC3)c(F)c2)CC1. The van der Waals surface area contributed by atoms with Crippen LogP contribution >= 0.6 is 11.3 Å². The van der Waals surface area contributed by atoms with Gasteiger partial charge in [-0.2, -0.15) is 0 Å². The normalized spacial score (nSPS) is 28.4. The summed E-state index contributed by atoms with van der Waals surface area (Å²) < 4.78 is 20.7. The largest absolute Gasteiger partial charge is 0.378 e. The van der Waals surface area contributed by atoms with Crippen LogP contribution in [0.15, 0.2) is 35.7 Å². The van der Waals surface area contributed by atoms with Crippen LogP contribution in [0.1, 0.15) is 56.1 Å². The van der Waals surface area contributed by atoms with Crippen LogP contribution in [0.4, 0.5) is 15.8 Å². The van der Waals surface area contributed by atoms with Gasteiger partial charge in [-0.15, -0.1) is 11.3 Å². The molecular formula is C32H42FN3O3S. The van der Waals surface area contributed by atoms with E-state index in [4.69, 9.17) is 4.74 Å². The van der Waals surface area contributed by atoms with Crippen molar-refractivity contribution in [1.82, 2.24) is 4.90 Å². The lowest BCUT2D eigenvalue weighted by atomic mass is 9.69. The fraction of sp³-hybridized carbons (Fsp3) is 0.625. The molecule has 6 rings (SSSR count). The molecule has 3 heterocycles. The molecule has 0 N–H and O–H groups in total. The van der Waals surface area contributed by atoms with E-state index in [-0.39, 0.29) is 17.6 Å². The minimum Gasteiger partial charge on any atom is -0.378 e. The molecular weight excluding hydrogens is 525 g/mol. The van der Waals surface area contributed by atoms with Crippen LogP contribution in [0.5, 0.6) is 0 Å². The second kappa shape index (κ2) is 11.1. The van der Waals surface area contributed by atoms with Crippen molar-refractivity contribution in [1.29, 1.82) is 0 Å². The predicted molar refractivity (Wildman–Crippen MR) is 157 cm³/mol. The molecule has 6 nitrogen and oxygen atoms in total. The number of ether oxygens (including phenoxy) is 1. The molecule has 2 saturated heterocycles. The molecule has 2 unspecified atom stereocenters. The average molecular weight is 568 g/mol. The molecule has 2 saturated carbocycles. The fourth-order valence-corrected chi connectivity index (χ4v) is 8.01. The minimum atomic E-state index is -0.308. The first-order valence-corrected chi connectivity index (χ1v) is 15.8. The quantitative estimate of drug-likeness (QED) is 0.434. The van der Waals surface area contributed by atoms with Gasteiger partial charge in [-0.25, -0.2) is 4.39 Å². The number of benzene rings is 1. The molecule has 4 fully saturated rings. The number of nitrogens with zero attached hydrogens (tertiary/aromatic N) is 3. The number of carbonyl (C=O) groups is 2. The van der Waals surface area contributed by atoms with Crippen molar-refractivity contribution in [3.05, 3.63) is 46.4 Å². The van der Waals surface area contributed by atoms with Crippen LogP contribution in [-0.4, -0.2) is 62.7 Å². The zero-order chi connectivity index (χ0) is 28.0. The molecule has 216 valence electrons. The molecule has 4 aliphatic rings. The van der Waals surface area contributed by atoms with Crippen molar-refractivity contribution < 1.29 is 18.7 Å². The Bertz CT molecular complexity index is 1200. The van der Waals surface area contributed by atoms with Crippen LogP contribution in [0.25, 0.3) is 0 Å². The van der Waals surface area contributed by atoms with E-state index >= 15 is 4.39 Å². The molecule has 2 aliphatic carbocycles. The van der Waals surface area contributed by atoms with Gasteiger partial charge in [-0.05, 0) is 84.4 Å². The molecule has 2 atom stereocenters. The number of thiophene rings is 1. The van der Waals surface area contributed by atoms with Crippen molar-refractivity contribution in [3.8, 4) is 0 Å². The summed E-state index contributed by atoms with van der Waals surface area (Å²) in [4.78, 5) is 33.4. The number of morpholine rings is 1. The molecule has 2 aromatic rings. The highest BCUT2D eigenvalue weighted by Gasteiger charge is 2.57. The third kappa shape index (κ3) is 5.54. The Labute approximate surface area is 241 Å². The van der Waals surface area contributed by atoms with Crippen molar-refractivity contribution in [2.45, 2.75) is 46.5 Å². The molecule has 8 heteroatoms. The van der Waals surface area contributed by atoms with E-state index in [1.165, 1.54) is 17.4 Å². The Hall–Kier alpha value is -2.45. The van der Waals surface area contributed by atoms with E-state index < -0.39 is 0 Å². The zero-order valence-corrected chi connectivity index (χ0v) is 24.8. The van der Waals surface area contributed by atoms with Crippen molar-refractivity contribution in [2.75, 3.05) is 55.7 Å². The molecule has 1 aromatic heterocycles. The van der Waals surface area contributed by atoms with E-state index in [1.807, 2.05) is 28.5 Å². The van der Waals surface area contributed by atoms with Gasteiger partial charge < -0.3 is 19.4 Å². The highest BCUT2D eigenvalue weighted by molar-refractivity contribution is 7.12. The Morgan fingerprint density at radius 1 is 1.05 bits per heavy atom. The number of likely N-dealkylation sites (tertiary alicyclic amines) is 1. The minimum absolute atomic E-state index is 0.0814. The number of hydrogen-bond donors (Lipinski definition) is 0. The summed E-state index contributed by atoms with van der Waals surface area (Å²) in [6.07, 6.45) is 4.30. The van der Waals surface area contributed by atoms with Gasteiger partial charge in [-0.1, -0.05) is 26.8 Å². The maximum atomic E-state index is 15.3. The first kappa shape index (κ1) is 27.7. The third-order valence-corrected chi connectivity index (χ3v) is 10.8. The van der Waals surface area contributed by atoms with Gasteiger partial charge in [0.05, 0.1) is 23.8 Å². The Morgan fingerprint density at radius 2 is 1.75 bits per heavy atom. The summed E-state index contributed by atoms with van der Waals surface area (Å²) in [5.74, 6) is 2.00. The van der Waals surface area contributed by atoms with Crippen molar-refractivity contribution >= 4 is 34.5 Å². The van der Waals surface area contributed by atoms with Gasteiger partial charge >= 0.3 is 0 Å². The van der Waals surface area contributed by atoms with Gasteiger partial charge in [0.1, 0.15) is 5.82 Å². The van der Waals surface area contributed by atoms with Gasteiger partial charge in [0, 0.05) is 44.3 Å². The van der Waals surface area contributed by atoms with Gasteiger partial charge in [-0.3, -0.25) is 9.59 Å². The lowest BCUT2D eigenvalue weighted by molar-refractivity contribution is -0.136. The first-order valence-electron chi connectivity index (χ1n) is 15.0. The lowest BCUT2D eigenvalue weighted by Crippen LogP contribution is -2.40. The molecule has 2 amide bonds. The van der Waals surface area contributed by atoms with E-state index in [9.17, 15) is 9.59 Å². The van der Waals surface area contributed by atoms with E-state index in [1.54, 1.807) is 11.0 Å². The fourth-order valence-electron chi connectivity index (χ4n) is 7.34. The summed E-state index contributed by atoms with van der Waals surface area (Å²) >= 11 is 1.41. The molecule has 0 radical (unpaired) electrons. The van der Waals surface area contributed by atoms with Crippen molar-refractivity contribution in [2.24, 2.45) is 35.0 Å². The first-order chi connectivity index (χ1) is 19.2. The van der Waals surface area contributed by atoms with Crippen LogP contribution in [-0.2, 0) is 9.53 Å². The summed E-state index contributed by atoms with van der Waals surface area (Å²) in [7, 11) is 0. The second-order valence-corrected chi connectivity index (χ2v) is 14.2. The zero-order valence-electron chi connectivity index (χ0n) is 24.0. The van der Waals surface area contributed by atoms with Crippen LogP contribution < -0.4 is 9.80 Å². The number of fused-ring (bicyclic) bond motifs is 1. The number of amides is 2. The molecule has 0 spiro atoms. The Morgan fingerprint density at radius 3 is 2.35 bits per heavy atom. The highest BCUT2D eigenvalue weighted by Crippen LogP contribution is 2.53. The second-order valence-electron chi connectivity index (χ2n) is 13.3. The molecule has 2 aliphatic heterocycles. The Kier molecular flexibility index (Phi) is 7.68. The number of anilines is 2. The number of hydrogen-bond acceptors (Lipinski definition) is 5. The topological polar surface area (TPSA) is 53.1 Å². The van der Waals surface area contributed by atoms with Crippen molar-refractivity contribution in [3.63, 3.8) is 0 Å².